The van der Waals surface area contributed by atoms with Crippen LogP contribution in [0.3, 0.4) is 0 Å². The van der Waals surface area contributed by atoms with Crippen molar-refractivity contribution in [2.75, 3.05) is 13.1 Å². The summed E-state index contributed by atoms with van der Waals surface area (Å²) < 4.78 is 13.7. The Labute approximate surface area is 159 Å². The highest BCUT2D eigenvalue weighted by atomic mass is 35.5. The molecule has 1 amide bonds. The average molecular weight is 375 g/mol. The number of nitrogens with one attached hydrogen (secondary N) is 1. The Hall–Kier alpha value is -1.91. The number of likely N-dealkylation sites (tertiary alicyclic amines) is 1. The number of carbonyl (C=O) groups is 1. The average Bonchev–Trinajstić information content (AvgIpc) is 2.64. The molecule has 5 heteroatoms. The summed E-state index contributed by atoms with van der Waals surface area (Å²) in [6.45, 7) is 3.79. The standard InChI is InChI=1S/C21H24ClFN2O/c22-19-9-8-18(20(23)13-19)12-21(26)24-14-16-4-6-17(7-5-16)15-25-10-2-1-3-11-25/h4-9,13H,1-3,10-12,14-15H2,(H,24,26). The molecule has 26 heavy (non-hydrogen) atoms. The number of piperidine rings is 1. The van der Waals surface area contributed by atoms with Crippen molar-refractivity contribution in [1.82, 2.24) is 10.2 Å². The van der Waals surface area contributed by atoms with E-state index < -0.39 is 5.82 Å². The number of hydrogen-bond acceptors (Lipinski definition) is 2. The molecule has 2 aromatic rings. The summed E-state index contributed by atoms with van der Waals surface area (Å²) in [6, 6.07) is 12.7. The summed E-state index contributed by atoms with van der Waals surface area (Å²) in [7, 11) is 0. The van der Waals surface area contributed by atoms with Crippen molar-refractivity contribution in [1.29, 1.82) is 0 Å². The van der Waals surface area contributed by atoms with Gasteiger partial charge < -0.3 is 5.32 Å². The van der Waals surface area contributed by atoms with Crippen LogP contribution < -0.4 is 5.32 Å². The third-order valence-corrected chi connectivity index (χ3v) is 4.97. The smallest absolute Gasteiger partial charge is 0.224 e. The van der Waals surface area contributed by atoms with Gasteiger partial charge in [-0.2, -0.15) is 0 Å². The highest BCUT2D eigenvalue weighted by Crippen LogP contribution is 2.16. The van der Waals surface area contributed by atoms with E-state index >= 15 is 0 Å². The predicted octanol–water partition coefficient (Wildman–Crippen LogP) is 4.32. The van der Waals surface area contributed by atoms with Crippen LogP contribution in [0, 0.1) is 5.82 Å². The molecule has 1 fully saturated rings. The van der Waals surface area contributed by atoms with Crippen molar-refractivity contribution in [3.8, 4) is 0 Å². The van der Waals surface area contributed by atoms with Gasteiger partial charge in [0.25, 0.3) is 0 Å². The lowest BCUT2D eigenvalue weighted by atomic mass is 10.1. The molecule has 3 rings (SSSR count). The Balaban J connectivity index is 1.47. The van der Waals surface area contributed by atoms with E-state index in [0.29, 0.717) is 17.1 Å². The minimum absolute atomic E-state index is 0.00997. The van der Waals surface area contributed by atoms with E-state index in [1.165, 1.54) is 44.0 Å². The first kappa shape index (κ1) is 18.9. The number of hydrogen-bond donors (Lipinski definition) is 1. The molecule has 0 saturated carbocycles. The van der Waals surface area contributed by atoms with E-state index in [4.69, 9.17) is 11.6 Å². The molecular weight excluding hydrogens is 351 g/mol. The lowest BCUT2D eigenvalue weighted by molar-refractivity contribution is -0.120. The number of amides is 1. The van der Waals surface area contributed by atoms with Gasteiger partial charge in [-0.3, -0.25) is 9.69 Å². The van der Waals surface area contributed by atoms with Gasteiger partial charge >= 0.3 is 0 Å². The molecule has 1 N–H and O–H groups in total. The molecule has 0 radical (unpaired) electrons. The summed E-state index contributed by atoms with van der Waals surface area (Å²) in [5.41, 5.74) is 2.69. The first-order chi connectivity index (χ1) is 12.6. The Morgan fingerprint density at radius 2 is 1.73 bits per heavy atom. The van der Waals surface area contributed by atoms with Crippen molar-refractivity contribution < 1.29 is 9.18 Å². The number of benzene rings is 2. The first-order valence-electron chi connectivity index (χ1n) is 9.11. The van der Waals surface area contributed by atoms with E-state index in [2.05, 4.69) is 22.3 Å². The first-order valence-corrected chi connectivity index (χ1v) is 9.49. The van der Waals surface area contributed by atoms with Crippen molar-refractivity contribution in [3.05, 3.63) is 70.0 Å². The molecule has 1 saturated heterocycles. The maximum Gasteiger partial charge on any atom is 0.224 e. The van der Waals surface area contributed by atoms with Gasteiger partial charge in [-0.1, -0.05) is 48.4 Å². The highest BCUT2D eigenvalue weighted by molar-refractivity contribution is 6.30. The van der Waals surface area contributed by atoms with E-state index in [0.717, 1.165) is 12.1 Å². The van der Waals surface area contributed by atoms with Crippen LogP contribution in [0.2, 0.25) is 5.02 Å². The van der Waals surface area contributed by atoms with Crippen LogP contribution in [0.4, 0.5) is 4.39 Å². The molecule has 138 valence electrons. The van der Waals surface area contributed by atoms with Gasteiger partial charge in [-0.15, -0.1) is 0 Å². The molecule has 1 heterocycles. The molecule has 1 aliphatic heterocycles. The quantitative estimate of drug-likeness (QED) is 0.816. The number of carbonyl (C=O) groups excluding carboxylic acids is 1. The van der Waals surface area contributed by atoms with Crippen molar-refractivity contribution in [3.63, 3.8) is 0 Å². The number of halogens is 2. The molecule has 0 bridgehead atoms. The maximum atomic E-state index is 13.7. The largest absolute Gasteiger partial charge is 0.352 e. The Morgan fingerprint density at radius 1 is 1.04 bits per heavy atom. The van der Waals surface area contributed by atoms with E-state index in [9.17, 15) is 9.18 Å². The Kier molecular flexibility index (Phi) is 6.64. The molecule has 0 spiro atoms. The Bertz CT molecular complexity index is 742. The van der Waals surface area contributed by atoms with Crippen molar-refractivity contribution in [2.45, 2.75) is 38.8 Å². The van der Waals surface area contributed by atoms with Crippen molar-refractivity contribution in [2.24, 2.45) is 0 Å². The summed E-state index contributed by atoms with van der Waals surface area (Å²) in [5.74, 6) is -0.654. The second kappa shape index (κ2) is 9.15. The lowest BCUT2D eigenvalue weighted by Gasteiger charge is -2.26. The van der Waals surface area contributed by atoms with E-state index in [1.807, 2.05) is 12.1 Å². The van der Waals surface area contributed by atoms with E-state index in [-0.39, 0.29) is 12.3 Å². The molecule has 0 atom stereocenters. The molecular formula is C21H24ClFN2O. The third-order valence-electron chi connectivity index (χ3n) is 4.73. The summed E-state index contributed by atoms with van der Waals surface area (Å²) in [4.78, 5) is 14.5. The van der Waals surface area contributed by atoms with Gasteiger partial charge in [0, 0.05) is 18.1 Å². The summed E-state index contributed by atoms with van der Waals surface area (Å²) in [6.07, 6.45) is 3.93. The zero-order valence-corrected chi connectivity index (χ0v) is 15.6. The van der Waals surface area contributed by atoms with Crippen LogP contribution in [0.25, 0.3) is 0 Å². The zero-order valence-electron chi connectivity index (χ0n) is 14.8. The van der Waals surface area contributed by atoms with Crippen LogP contribution in [-0.4, -0.2) is 23.9 Å². The highest BCUT2D eigenvalue weighted by Gasteiger charge is 2.11. The topological polar surface area (TPSA) is 32.3 Å². The second-order valence-corrected chi connectivity index (χ2v) is 7.28. The Morgan fingerprint density at radius 3 is 2.42 bits per heavy atom. The summed E-state index contributed by atoms with van der Waals surface area (Å²) >= 11 is 5.73. The maximum absolute atomic E-state index is 13.7. The van der Waals surface area contributed by atoms with Gasteiger partial charge in [0.1, 0.15) is 5.82 Å². The molecule has 0 unspecified atom stereocenters. The summed E-state index contributed by atoms with van der Waals surface area (Å²) in [5, 5.41) is 3.17. The van der Waals surface area contributed by atoms with Crippen LogP contribution in [-0.2, 0) is 24.3 Å². The predicted molar refractivity (Wildman–Crippen MR) is 103 cm³/mol. The van der Waals surface area contributed by atoms with Crippen molar-refractivity contribution >= 4 is 17.5 Å². The lowest BCUT2D eigenvalue weighted by Crippen LogP contribution is -2.29. The zero-order chi connectivity index (χ0) is 18.4. The molecule has 1 aliphatic rings. The molecule has 0 aromatic heterocycles. The fraction of sp³-hybridized carbons (Fsp3) is 0.381. The number of nitrogens with zero attached hydrogens (tertiary/aromatic N) is 1. The van der Waals surface area contributed by atoms with Gasteiger partial charge in [-0.05, 0) is 54.8 Å². The van der Waals surface area contributed by atoms with Crippen LogP contribution in [0.1, 0.15) is 36.0 Å². The number of rotatable bonds is 6. The van der Waals surface area contributed by atoms with Gasteiger partial charge in [0.15, 0.2) is 0 Å². The van der Waals surface area contributed by atoms with Gasteiger partial charge in [0.05, 0.1) is 6.42 Å². The van der Waals surface area contributed by atoms with Crippen LogP contribution >= 0.6 is 11.6 Å². The normalized spacial score (nSPS) is 15.0. The van der Waals surface area contributed by atoms with E-state index in [1.54, 1.807) is 12.1 Å². The fourth-order valence-corrected chi connectivity index (χ4v) is 3.40. The SMILES string of the molecule is O=C(Cc1ccc(Cl)cc1F)NCc1ccc(CN2CCCCC2)cc1. The van der Waals surface area contributed by atoms with Gasteiger partial charge in [-0.25, -0.2) is 4.39 Å². The second-order valence-electron chi connectivity index (χ2n) is 6.84. The molecule has 2 aromatic carbocycles. The minimum atomic E-state index is -0.449. The fourth-order valence-electron chi connectivity index (χ4n) is 3.24. The molecule has 3 nitrogen and oxygen atoms in total. The molecule has 0 aliphatic carbocycles. The van der Waals surface area contributed by atoms with Gasteiger partial charge in [0.2, 0.25) is 5.91 Å². The van der Waals surface area contributed by atoms with Crippen LogP contribution in [0.5, 0.6) is 0 Å². The third kappa shape index (κ3) is 5.55. The monoisotopic (exact) mass is 374 g/mol. The van der Waals surface area contributed by atoms with Crippen LogP contribution in [0.15, 0.2) is 42.5 Å². The minimum Gasteiger partial charge on any atom is -0.352 e.